The maximum absolute atomic E-state index is 4.74. The minimum atomic E-state index is 0.632. The standard InChI is InChI=1S/C31H25NS/c1-20(2)17-21-15-16-32-29(18-21)27-12-6-11-26-28-19-23(13-14-30(28)33-31(26)27)25-10-5-8-22-7-3-4-9-24(22)25/h3-16,18-20H,17H2,1-2H3. The van der Waals surface area contributed by atoms with Crippen molar-refractivity contribution in [2.75, 3.05) is 0 Å². The van der Waals surface area contributed by atoms with Gasteiger partial charge in [0.2, 0.25) is 0 Å². The highest BCUT2D eigenvalue weighted by molar-refractivity contribution is 7.26. The molecule has 0 saturated heterocycles. The number of pyridine rings is 1. The molecule has 0 aliphatic carbocycles. The Kier molecular flexibility index (Phi) is 4.96. The van der Waals surface area contributed by atoms with Crippen LogP contribution in [0.2, 0.25) is 0 Å². The number of aromatic nitrogens is 1. The van der Waals surface area contributed by atoms with Crippen LogP contribution < -0.4 is 0 Å². The van der Waals surface area contributed by atoms with Gasteiger partial charge in [0.15, 0.2) is 0 Å². The van der Waals surface area contributed by atoms with Crippen molar-refractivity contribution in [1.29, 1.82) is 0 Å². The van der Waals surface area contributed by atoms with E-state index in [4.69, 9.17) is 4.98 Å². The molecule has 0 fully saturated rings. The molecule has 6 rings (SSSR count). The van der Waals surface area contributed by atoms with E-state index in [0.717, 1.165) is 12.1 Å². The molecule has 0 spiro atoms. The summed E-state index contributed by atoms with van der Waals surface area (Å²) in [6.45, 7) is 4.53. The van der Waals surface area contributed by atoms with E-state index < -0.39 is 0 Å². The van der Waals surface area contributed by atoms with E-state index in [1.54, 1.807) is 0 Å². The Morgan fingerprint density at radius 2 is 1.52 bits per heavy atom. The summed E-state index contributed by atoms with van der Waals surface area (Å²) in [5, 5.41) is 5.21. The van der Waals surface area contributed by atoms with Gasteiger partial charge in [0.25, 0.3) is 0 Å². The highest BCUT2D eigenvalue weighted by Gasteiger charge is 2.13. The van der Waals surface area contributed by atoms with Gasteiger partial charge < -0.3 is 0 Å². The summed E-state index contributed by atoms with van der Waals surface area (Å²) >= 11 is 1.87. The van der Waals surface area contributed by atoms with Gasteiger partial charge in [-0.15, -0.1) is 11.3 Å². The quantitative estimate of drug-likeness (QED) is 0.265. The maximum atomic E-state index is 4.74. The van der Waals surface area contributed by atoms with Crippen molar-refractivity contribution in [2.24, 2.45) is 5.92 Å². The molecule has 0 radical (unpaired) electrons. The number of hydrogen-bond acceptors (Lipinski definition) is 2. The van der Waals surface area contributed by atoms with E-state index in [9.17, 15) is 0 Å². The summed E-state index contributed by atoms with van der Waals surface area (Å²) in [5.74, 6) is 0.632. The molecule has 0 N–H and O–H groups in total. The predicted molar refractivity (Wildman–Crippen MR) is 144 cm³/mol. The normalized spacial score (nSPS) is 11.7. The summed E-state index contributed by atoms with van der Waals surface area (Å²) in [4.78, 5) is 4.74. The van der Waals surface area contributed by atoms with Crippen LogP contribution in [-0.2, 0) is 6.42 Å². The van der Waals surface area contributed by atoms with Crippen molar-refractivity contribution >= 4 is 42.3 Å². The number of nitrogens with zero attached hydrogens (tertiary/aromatic N) is 1. The Hall–Kier alpha value is -3.49. The zero-order chi connectivity index (χ0) is 22.4. The Labute approximate surface area is 198 Å². The van der Waals surface area contributed by atoms with E-state index in [1.165, 1.54) is 53.2 Å². The van der Waals surface area contributed by atoms with E-state index in [1.807, 2.05) is 17.5 Å². The molecule has 0 saturated carbocycles. The zero-order valence-electron chi connectivity index (χ0n) is 18.9. The molecule has 2 aromatic heterocycles. The molecule has 1 nitrogen and oxygen atoms in total. The van der Waals surface area contributed by atoms with E-state index >= 15 is 0 Å². The lowest BCUT2D eigenvalue weighted by atomic mass is 9.96. The van der Waals surface area contributed by atoms with Crippen LogP contribution in [0.15, 0.2) is 97.2 Å². The summed E-state index contributed by atoms with van der Waals surface area (Å²) in [6.07, 6.45) is 3.03. The van der Waals surface area contributed by atoms with Crippen LogP contribution in [-0.4, -0.2) is 4.98 Å². The van der Waals surface area contributed by atoms with Crippen molar-refractivity contribution in [3.05, 3.63) is 103 Å². The fraction of sp³-hybridized carbons (Fsp3) is 0.129. The maximum Gasteiger partial charge on any atom is 0.0719 e. The van der Waals surface area contributed by atoms with Gasteiger partial charge in [-0.1, -0.05) is 80.6 Å². The minimum absolute atomic E-state index is 0.632. The van der Waals surface area contributed by atoms with Crippen LogP contribution in [0.4, 0.5) is 0 Å². The second kappa shape index (κ2) is 8.13. The molecule has 2 heterocycles. The van der Waals surface area contributed by atoms with Gasteiger partial charge in [-0.3, -0.25) is 4.98 Å². The van der Waals surface area contributed by atoms with Gasteiger partial charge in [-0.05, 0) is 64.1 Å². The third-order valence-electron chi connectivity index (χ3n) is 6.34. The van der Waals surface area contributed by atoms with Crippen LogP contribution in [0.1, 0.15) is 19.4 Å². The molecular formula is C31H25NS. The number of benzene rings is 4. The third kappa shape index (κ3) is 3.61. The lowest BCUT2D eigenvalue weighted by Crippen LogP contribution is -1.95. The van der Waals surface area contributed by atoms with Gasteiger partial charge in [-0.2, -0.15) is 0 Å². The van der Waals surface area contributed by atoms with Crippen LogP contribution >= 0.6 is 11.3 Å². The van der Waals surface area contributed by atoms with Gasteiger partial charge in [0.05, 0.1) is 5.69 Å². The van der Waals surface area contributed by atoms with Crippen LogP contribution in [0.3, 0.4) is 0 Å². The molecule has 33 heavy (non-hydrogen) atoms. The van der Waals surface area contributed by atoms with E-state index in [0.29, 0.717) is 5.92 Å². The molecule has 6 aromatic rings. The number of thiophene rings is 1. The van der Waals surface area contributed by atoms with Crippen LogP contribution in [0, 0.1) is 5.92 Å². The smallest absolute Gasteiger partial charge is 0.0719 e. The predicted octanol–water partition coefficient (Wildman–Crippen LogP) is 9.14. The molecule has 4 aromatic carbocycles. The molecule has 0 amide bonds. The average Bonchev–Trinajstić information content (AvgIpc) is 3.21. The molecule has 160 valence electrons. The number of rotatable bonds is 4. The van der Waals surface area contributed by atoms with Gasteiger partial charge in [-0.25, -0.2) is 0 Å². The molecule has 0 aliphatic rings. The highest BCUT2D eigenvalue weighted by atomic mass is 32.1. The second-order valence-corrected chi connectivity index (χ2v) is 10.2. The highest BCUT2D eigenvalue weighted by Crippen LogP contribution is 2.41. The van der Waals surface area contributed by atoms with E-state index in [-0.39, 0.29) is 0 Å². The molecule has 0 atom stereocenters. The van der Waals surface area contributed by atoms with Gasteiger partial charge >= 0.3 is 0 Å². The monoisotopic (exact) mass is 443 g/mol. The molecule has 2 heteroatoms. The molecular weight excluding hydrogens is 418 g/mol. The SMILES string of the molecule is CC(C)Cc1ccnc(-c2cccc3c2sc2ccc(-c4cccc5ccccc45)cc23)c1. The van der Waals surface area contributed by atoms with Crippen molar-refractivity contribution in [2.45, 2.75) is 20.3 Å². The summed E-state index contributed by atoms with van der Waals surface area (Å²) in [7, 11) is 0. The second-order valence-electron chi connectivity index (χ2n) is 9.17. The first kappa shape index (κ1) is 20.1. The number of fused-ring (bicyclic) bond motifs is 4. The fourth-order valence-electron chi connectivity index (χ4n) is 4.86. The summed E-state index contributed by atoms with van der Waals surface area (Å²) in [5.41, 5.74) is 6.20. The Morgan fingerprint density at radius 3 is 2.42 bits per heavy atom. The third-order valence-corrected chi connectivity index (χ3v) is 7.56. The Bertz CT molecular complexity index is 1620. The minimum Gasteiger partial charge on any atom is -0.256 e. The Balaban J connectivity index is 1.53. The van der Waals surface area contributed by atoms with Crippen LogP contribution in [0.25, 0.3) is 53.3 Å². The summed E-state index contributed by atoms with van der Waals surface area (Å²) in [6, 6.07) is 33.2. The molecule has 0 aliphatic heterocycles. The van der Waals surface area contributed by atoms with Crippen molar-refractivity contribution in [3.8, 4) is 22.4 Å². The van der Waals surface area contributed by atoms with Crippen LogP contribution in [0.5, 0.6) is 0 Å². The van der Waals surface area contributed by atoms with Crippen molar-refractivity contribution < 1.29 is 0 Å². The van der Waals surface area contributed by atoms with Crippen molar-refractivity contribution in [1.82, 2.24) is 4.98 Å². The van der Waals surface area contributed by atoms with E-state index in [2.05, 4.69) is 105 Å². The zero-order valence-corrected chi connectivity index (χ0v) is 19.7. The first-order valence-corrected chi connectivity index (χ1v) is 12.4. The molecule has 0 bridgehead atoms. The lowest BCUT2D eigenvalue weighted by molar-refractivity contribution is 0.647. The lowest BCUT2D eigenvalue weighted by Gasteiger charge is -2.08. The van der Waals surface area contributed by atoms with Crippen molar-refractivity contribution in [3.63, 3.8) is 0 Å². The largest absolute Gasteiger partial charge is 0.256 e. The van der Waals surface area contributed by atoms with Gasteiger partial charge in [0.1, 0.15) is 0 Å². The van der Waals surface area contributed by atoms with Gasteiger partial charge in [0, 0.05) is 31.9 Å². The Morgan fingerprint density at radius 1 is 0.727 bits per heavy atom. The molecule has 0 unspecified atom stereocenters. The first-order valence-electron chi connectivity index (χ1n) is 11.6. The fourth-order valence-corrected chi connectivity index (χ4v) is 6.07. The topological polar surface area (TPSA) is 12.9 Å². The number of hydrogen-bond donors (Lipinski definition) is 0. The first-order chi connectivity index (χ1) is 16.2. The average molecular weight is 444 g/mol. The summed E-state index contributed by atoms with van der Waals surface area (Å²) < 4.78 is 2.64.